The number of nitrogen functional groups attached to an aromatic ring is 1. The Morgan fingerprint density at radius 2 is 1.33 bits per heavy atom. The fourth-order valence-electron chi connectivity index (χ4n) is 6.82. The van der Waals surface area contributed by atoms with Gasteiger partial charge in [-0.05, 0) is 58.8 Å². The zero-order valence-electron chi connectivity index (χ0n) is 33.2. The van der Waals surface area contributed by atoms with Gasteiger partial charge in [-0.1, -0.05) is 128 Å². The molecule has 292 valence electrons. The van der Waals surface area contributed by atoms with Crippen molar-refractivity contribution in [3.05, 3.63) is 30.1 Å². The van der Waals surface area contributed by atoms with E-state index in [1.165, 1.54) is 83.5 Å². The number of nitrogens with zero attached hydrogens (tertiary/aromatic N) is 5. The minimum Gasteiger partial charge on any atom is -0.412 e. The van der Waals surface area contributed by atoms with Crippen LogP contribution in [0.2, 0.25) is 0 Å². The maximum atomic E-state index is 13.2. The Bertz CT molecular complexity index is 1440. The van der Waals surface area contributed by atoms with Crippen molar-refractivity contribution in [2.75, 3.05) is 52.6 Å². The van der Waals surface area contributed by atoms with Crippen LogP contribution in [0.5, 0.6) is 0 Å². The van der Waals surface area contributed by atoms with Gasteiger partial charge in [0.05, 0.1) is 5.52 Å². The number of anilines is 1. The molecule has 10 heteroatoms. The van der Waals surface area contributed by atoms with Crippen molar-refractivity contribution in [3.8, 4) is 0 Å². The number of imidazole rings is 1. The third-order valence-electron chi connectivity index (χ3n) is 9.92. The number of carbonyl (C=O) groups is 2. The highest BCUT2D eigenvalue weighted by atomic mass is 16.7. The largest absolute Gasteiger partial charge is 0.412 e. The molecule has 2 aromatic heterocycles. The summed E-state index contributed by atoms with van der Waals surface area (Å²) in [7, 11) is 4.05. The lowest BCUT2D eigenvalue weighted by atomic mass is 10.0. The first-order valence-electron chi connectivity index (χ1n) is 20.8. The van der Waals surface area contributed by atoms with Crippen LogP contribution in [-0.2, 0) is 16.0 Å². The average Bonchev–Trinajstić information content (AvgIpc) is 3.51. The summed E-state index contributed by atoms with van der Waals surface area (Å²) in [4.78, 5) is 45.7. The number of hydrogen-bond acceptors (Lipinski definition) is 7. The fraction of sp³-hybridized carbons (Fsp3) is 0.714. The highest BCUT2D eigenvalue weighted by molar-refractivity contribution is 6.35. The van der Waals surface area contributed by atoms with E-state index in [0.29, 0.717) is 37.6 Å². The smallest absolute Gasteiger partial charge is 0.311 e. The molecule has 0 fully saturated rings. The second-order valence-electron chi connectivity index (χ2n) is 14.8. The Labute approximate surface area is 314 Å². The quantitative estimate of drug-likeness (QED) is 0.0545. The second-order valence-corrected chi connectivity index (χ2v) is 14.8. The Kier molecular flexibility index (Phi) is 21.1. The molecule has 2 amide bonds. The van der Waals surface area contributed by atoms with E-state index in [0.717, 1.165) is 80.2 Å². The number of pyridine rings is 1. The van der Waals surface area contributed by atoms with Crippen molar-refractivity contribution in [1.82, 2.24) is 29.8 Å². The highest BCUT2D eigenvalue weighted by Gasteiger charge is 2.22. The first kappa shape index (κ1) is 43.0. The number of nitrogens with two attached hydrogens (primary N) is 1. The predicted molar refractivity (Wildman–Crippen MR) is 216 cm³/mol. The third-order valence-corrected chi connectivity index (χ3v) is 9.92. The van der Waals surface area contributed by atoms with E-state index in [-0.39, 0.29) is 0 Å². The number of nitrogens with one attached hydrogen (secondary N) is 1. The summed E-state index contributed by atoms with van der Waals surface area (Å²) in [5.41, 5.74) is 8.66. The van der Waals surface area contributed by atoms with Gasteiger partial charge in [0.25, 0.3) is 0 Å². The number of benzene rings is 1. The van der Waals surface area contributed by atoms with Crippen LogP contribution >= 0.6 is 0 Å². The van der Waals surface area contributed by atoms with Crippen molar-refractivity contribution in [1.29, 1.82) is 0 Å². The molecule has 0 aliphatic carbocycles. The molecule has 0 spiro atoms. The molecule has 0 bridgehead atoms. The van der Waals surface area contributed by atoms with Gasteiger partial charge in [-0.3, -0.25) is 9.59 Å². The molecule has 3 aromatic rings. The van der Waals surface area contributed by atoms with Gasteiger partial charge in [0, 0.05) is 31.4 Å². The van der Waals surface area contributed by atoms with E-state index in [9.17, 15) is 9.59 Å². The minimum absolute atomic E-state index is 0.401. The van der Waals surface area contributed by atoms with Gasteiger partial charge in [0.1, 0.15) is 23.5 Å². The van der Waals surface area contributed by atoms with Gasteiger partial charge in [0.2, 0.25) is 0 Å². The molecule has 52 heavy (non-hydrogen) atoms. The molecule has 0 aliphatic heterocycles. The van der Waals surface area contributed by atoms with Crippen LogP contribution in [0.3, 0.4) is 0 Å². The lowest BCUT2D eigenvalue weighted by Crippen LogP contribution is -2.44. The predicted octanol–water partition coefficient (Wildman–Crippen LogP) is 8.49. The summed E-state index contributed by atoms with van der Waals surface area (Å²) in [6.07, 6.45) is 24.6. The summed E-state index contributed by atoms with van der Waals surface area (Å²) in [5, 5.41) is 3.85. The molecule has 0 aliphatic rings. The van der Waals surface area contributed by atoms with Gasteiger partial charge < -0.3 is 25.7 Å². The minimum atomic E-state index is -0.491. The second kappa shape index (κ2) is 25.6. The van der Waals surface area contributed by atoms with Gasteiger partial charge in [0.15, 0.2) is 5.82 Å². The first-order valence-corrected chi connectivity index (χ1v) is 20.8. The van der Waals surface area contributed by atoms with Crippen LogP contribution in [0.25, 0.3) is 21.9 Å². The highest BCUT2D eigenvalue weighted by Crippen LogP contribution is 2.28. The van der Waals surface area contributed by atoms with E-state index in [4.69, 9.17) is 15.6 Å². The molecule has 0 saturated carbocycles. The molecule has 0 saturated heterocycles. The number of aromatic nitrogens is 3. The van der Waals surface area contributed by atoms with Gasteiger partial charge in [-0.2, -0.15) is 4.73 Å². The van der Waals surface area contributed by atoms with Gasteiger partial charge in [-0.25, -0.2) is 9.97 Å². The third kappa shape index (κ3) is 15.3. The molecule has 0 unspecified atom stereocenters. The van der Waals surface area contributed by atoms with Crippen molar-refractivity contribution < 1.29 is 14.4 Å². The SMILES string of the molecule is CCCCCCCCCCCCCCCCCNC(=O)C(=O)N(CCCCOn1c(CCCC)nc2c(N)nc3ccccc3c21)CCCN(C)C. The molecule has 1 aromatic carbocycles. The van der Waals surface area contributed by atoms with E-state index < -0.39 is 11.8 Å². The first-order chi connectivity index (χ1) is 25.4. The van der Waals surface area contributed by atoms with Crippen LogP contribution in [0, 0.1) is 0 Å². The average molecular weight is 722 g/mol. The Morgan fingerprint density at radius 3 is 1.96 bits per heavy atom. The zero-order valence-corrected chi connectivity index (χ0v) is 33.2. The van der Waals surface area contributed by atoms with Crippen molar-refractivity contribution in [2.24, 2.45) is 0 Å². The number of hydrogen-bond donors (Lipinski definition) is 2. The lowest BCUT2D eigenvalue weighted by Gasteiger charge is -2.23. The molecule has 10 nitrogen and oxygen atoms in total. The molecule has 3 rings (SSSR count). The molecule has 0 radical (unpaired) electrons. The van der Waals surface area contributed by atoms with Crippen molar-refractivity contribution in [2.45, 2.75) is 149 Å². The number of aryl methyl sites for hydroxylation is 1. The van der Waals surface area contributed by atoms with E-state index in [1.54, 1.807) is 4.90 Å². The van der Waals surface area contributed by atoms with Crippen LogP contribution < -0.4 is 15.9 Å². The normalized spacial score (nSPS) is 11.6. The summed E-state index contributed by atoms with van der Waals surface area (Å²) < 4.78 is 1.84. The zero-order chi connectivity index (χ0) is 37.4. The Balaban J connectivity index is 1.39. The van der Waals surface area contributed by atoms with Crippen LogP contribution in [-0.4, -0.2) is 83.2 Å². The van der Waals surface area contributed by atoms with Crippen LogP contribution in [0.1, 0.15) is 148 Å². The summed E-state index contributed by atoms with van der Waals surface area (Å²) >= 11 is 0. The van der Waals surface area contributed by atoms with Crippen molar-refractivity contribution >= 4 is 39.6 Å². The Morgan fingerprint density at radius 1 is 0.731 bits per heavy atom. The lowest BCUT2D eigenvalue weighted by molar-refractivity contribution is -0.146. The monoisotopic (exact) mass is 722 g/mol. The number of amides is 2. The van der Waals surface area contributed by atoms with Gasteiger partial charge >= 0.3 is 11.8 Å². The Hall–Kier alpha value is -3.40. The number of rotatable bonds is 29. The summed E-state index contributed by atoms with van der Waals surface area (Å²) in [6, 6.07) is 7.92. The molecular weight excluding hydrogens is 651 g/mol. The fourth-order valence-corrected chi connectivity index (χ4v) is 6.82. The summed E-state index contributed by atoms with van der Waals surface area (Å²) in [5.74, 6) is 0.319. The maximum absolute atomic E-state index is 13.2. The molecule has 0 atom stereocenters. The number of carbonyl (C=O) groups excluding carboxylic acids is 2. The molecule has 2 heterocycles. The van der Waals surface area contributed by atoms with Gasteiger partial charge in [-0.15, -0.1) is 0 Å². The topological polar surface area (TPSA) is 119 Å². The molecule has 3 N–H and O–H groups in total. The number of unbranched alkanes of at least 4 members (excludes halogenated alkanes) is 16. The van der Waals surface area contributed by atoms with Crippen LogP contribution in [0.15, 0.2) is 24.3 Å². The van der Waals surface area contributed by atoms with E-state index in [2.05, 4.69) is 29.0 Å². The standard InChI is InChI=1S/C42H71N7O3/c1-5-7-9-10-11-12-13-14-15-16-17-18-19-20-23-30-44-41(50)42(51)48(33-26-31-47(3)4)32-24-25-34-52-49-37(29-8-6-2)46-38-39(49)35-27-21-22-28-36(35)45-40(38)43/h21-22,27-28H,5-20,23-26,29-34H2,1-4H3,(H2,43,45)(H,44,50). The van der Waals surface area contributed by atoms with E-state index in [1.807, 2.05) is 43.1 Å². The number of para-hydroxylation sites is 1. The van der Waals surface area contributed by atoms with E-state index >= 15 is 0 Å². The summed E-state index contributed by atoms with van der Waals surface area (Å²) in [6.45, 7) is 7.35. The maximum Gasteiger partial charge on any atom is 0.311 e. The molecular formula is C42H71N7O3. The van der Waals surface area contributed by atoms with Crippen molar-refractivity contribution in [3.63, 3.8) is 0 Å². The van der Waals surface area contributed by atoms with Crippen LogP contribution in [0.4, 0.5) is 5.82 Å². The number of fused-ring (bicyclic) bond motifs is 3.